The number of aliphatic hydroxyl groups is 1. The summed E-state index contributed by atoms with van der Waals surface area (Å²) < 4.78 is 14.7. The van der Waals surface area contributed by atoms with Gasteiger partial charge in [0.25, 0.3) is 6.29 Å². The summed E-state index contributed by atoms with van der Waals surface area (Å²) in [6, 6.07) is 0. The summed E-state index contributed by atoms with van der Waals surface area (Å²) in [5, 5.41) is 9.00. The second-order valence-corrected chi connectivity index (χ2v) is 5.14. The molecule has 6 nitrogen and oxygen atoms in total. The molecule has 0 bridgehead atoms. The van der Waals surface area contributed by atoms with Crippen molar-refractivity contribution in [2.45, 2.75) is 45.8 Å². The zero-order valence-corrected chi connectivity index (χ0v) is 10.8. The van der Waals surface area contributed by atoms with Crippen molar-refractivity contribution in [2.75, 3.05) is 13.2 Å². The van der Waals surface area contributed by atoms with Gasteiger partial charge in [0.1, 0.15) is 6.61 Å². The monoisotopic (exact) mass is 260 g/mol. The van der Waals surface area contributed by atoms with E-state index < -0.39 is 17.9 Å². The van der Waals surface area contributed by atoms with Gasteiger partial charge in [0.05, 0.1) is 6.61 Å². The number of rotatable bonds is 4. The SMILES string of the molecule is CC(C)(CO)COC(=O)OC1CCCCC(=O)O1. The minimum absolute atomic E-state index is 0.0446. The molecule has 1 atom stereocenters. The Bertz CT molecular complexity index is 299. The Morgan fingerprint density at radius 2 is 2.22 bits per heavy atom. The van der Waals surface area contributed by atoms with E-state index >= 15 is 0 Å². The number of aliphatic hydroxyl groups excluding tert-OH is 1. The summed E-state index contributed by atoms with van der Waals surface area (Å²) in [7, 11) is 0. The lowest BCUT2D eigenvalue weighted by atomic mass is 9.97. The lowest BCUT2D eigenvalue weighted by Gasteiger charge is -2.21. The number of hydrogen-bond acceptors (Lipinski definition) is 6. The third-order valence-electron chi connectivity index (χ3n) is 2.57. The molecule has 0 aromatic carbocycles. The Hall–Kier alpha value is -1.30. The van der Waals surface area contributed by atoms with E-state index in [2.05, 4.69) is 0 Å². The van der Waals surface area contributed by atoms with Crippen molar-refractivity contribution in [3.63, 3.8) is 0 Å². The minimum atomic E-state index is -0.878. The number of cyclic esters (lactones) is 1. The largest absolute Gasteiger partial charge is 0.511 e. The van der Waals surface area contributed by atoms with Gasteiger partial charge in [-0.05, 0) is 12.8 Å². The topological polar surface area (TPSA) is 82.1 Å². The maximum absolute atomic E-state index is 11.4. The van der Waals surface area contributed by atoms with Crippen LogP contribution >= 0.6 is 0 Å². The average Bonchev–Trinajstić information content (AvgIpc) is 2.51. The fourth-order valence-corrected chi connectivity index (χ4v) is 1.37. The van der Waals surface area contributed by atoms with Gasteiger partial charge in [-0.3, -0.25) is 4.79 Å². The van der Waals surface area contributed by atoms with Crippen molar-refractivity contribution in [3.05, 3.63) is 0 Å². The van der Waals surface area contributed by atoms with E-state index in [1.54, 1.807) is 13.8 Å². The summed E-state index contributed by atoms with van der Waals surface area (Å²) in [5.74, 6) is -0.360. The van der Waals surface area contributed by atoms with Crippen LogP contribution in [-0.2, 0) is 19.0 Å². The summed E-state index contributed by atoms with van der Waals surface area (Å²) >= 11 is 0. The molecule has 1 heterocycles. The van der Waals surface area contributed by atoms with Crippen molar-refractivity contribution >= 4 is 12.1 Å². The first-order chi connectivity index (χ1) is 8.43. The smallest absolute Gasteiger partial charge is 0.434 e. The molecule has 0 aromatic heterocycles. The molecule has 1 aliphatic rings. The van der Waals surface area contributed by atoms with Crippen LogP contribution < -0.4 is 0 Å². The van der Waals surface area contributed by atoms with Crippen LogP contribution in [0.25, 0.3) is 0 Å². The zero-order chi connectivity index (χ0) is 13.6. The van der Waals surface area contributed by atoms with Crippen molar-refractivity contribution in [3.8, 4) is 0 Å². The molecule has 1 N–H and O–H groups in total. The van der Waals surface area contributed by atoms with Gasteiger partial charge in [-0.15, -0.1) is 0 Å². The van der Waals surface area contributed by atoms with Crippen molar-refractivity contribution in [2.24, 2.45) is 5.41 Å². The highest BCUT2D eigenvalue weighted by Gasteiger charge is 2.24. The third-order valence-corrected chi connectivity index (χ3v) is 2.57. The van der Waals surface area contributed by atoms with Gasteiger partial charge < -0.3 is 19.3 Å². The maximum Gasteiger partial charge on any atom is 0.511 e. The molecule has 0 aromatic rings. The van der Waals surface area contributed by atoms with Gasteiger partial charge in [0.15, 0.2) is 0 Å². The van der Waals surface area contributed by atoms with Crippen LogP contribution in [0.4, 0.5) is 4.79 Å². The van der Waals surface area contributed by atoms with E-state index in [-0.39, 0.29) is 19.2 Å². The molecule has 18 heavy (non-hydrogen) atoms. The van der Waals surface area contributed by atoms with Crippen LogP contribution in [0.1, 0.15) is 39.5 Å². The molecule has 1 saturated heterocycles. The molecular formula is C12H20O6. The first-order valence-corrected chi connectivity index (χ1v) is 6.07. The van der Waals surface area contributed by atoms with Crippen LogP contribution in [0, 0.1) is 5.41 Å². The summed E-state index contributed by atoms with van der Waals surface area (Å²) in [6.07, 6.45) is 0.620. The molecule has 1 aliphatic heterocycles. The summed E-state index contributed by atoms with van der Waals surface area (Å²) in [6.45, 7) is 3.46. The van der Waals surface area contributed by atoms with Crippen LogP contribution in [0.15, 0.2) is 0 Å². The maximum atomic E-state index is 11.4. The van der Waals surface area contributed by atoms with E-state index in [0.29, 0.717) is 12.8 Å². The Kier molecular flexibility index (Phi) is 5.40. The summed E-state index contributed by atoms with van der Waals surface area (Å²) in [4.78, 5) is 22.5. The Labute approximate surface area is 106 Å². The normalized spacial score (nSPS) is 20.8. The van der Waals surface area contributed by atoms with E-state index in [1.165, 1.54) is 0 Å². The predicted molar refractivity (Wildman–Crippen MR) is 61.6 cm³/mol. The molecule has 1 unspecified atom stereocenters. The quantitative estimate of drug-likeness (QED) is 0.773. The van der Waals surface area contributed by atoms with Gasteiger partial charge in [-0.2, -0.15) is 0 Å². The lowest BCUT2D eigenvalue weighted by molar-refractivity contribution is -0.170. The van der Waals surface area contributed by atoms with Gasteiger partial charge in [-0.1, -0.05) is 13.8 Å². The molecule has 0 spiro atoms. The highest BCUT2D eigenvalue weighted by molar-refractivity contribution is 5.70. The molecule has 6 heteroatoms. The highest BCUT2D eigenvalue weighted by atomic mass is 16.8. The first-order valence-electron chi connectivity index (χ1n) is 6.07. The third kappa shape index (κ3) is 5.35. The van der Waals surface area contributed by atoms with Crippen LogP contribution in [0.2, 0.25) is 0 Å². The molecule has 0 radical (unpaired) electrons. The second-order valence-electron chi connectivity index (χ2n) is 5.14. The molecule has 0 saturated carbocycles. The molecule has 1 rings (SSSR count). The predicted octanol–water partition coefficient (Wildman–Crippen LogP) is 1.60. The zero-order valence-electron chi connectivity index (χ0n) is 10.8. The minimum Gasteiger partial charge on any atom is -0.434 e. The number of carbonyl (C=O) groups excluding carboxylic acids is 2. The number of carbonyl (C=O) groups is 2. The van der Waals surface area contributed by atoms with Gasteiger partial charge in [-0.25, -0.2) is 4.79 Å². The van der Waals surface area contributed by atoms with E-state index in [4.69, 9.17) is 19.3 Å². The standard InChI is InChI=1S/C12H20O6/c1-12(2,7-13)8-16-11(15)18-10-6-4-3-5-9(14)17-10/h10,13H,3-8H2,1-2H3. The number of esters is 1. The fraction of sp³-hybridized carbons (Fsp3) is 0.833. The van der Waals surface area contributed by atoms with Crippen LogP contribution in [-0.4, -0.2) is 36.7 Å². The van der Waals surface area contributed by atoms with Crippen LogP contribution in [0.3, 0.4) is 0 Å². The molecule has 1 fully saturated rings. The molecule has 0 aliphatic carbocycles. The average molecular weight is 260 g/mol. The number of hydrogen-bond donors (Lipinski definition) is 1. The highest BCUT2D eigenvalue weighted by Crippen LogP contribution is 2.17. The van der Waals surface area contributed by atoms with Gasteiger partial charge >= 0.3 is 12.1 Å². The lowest BCUT2D eigenvalue weighted by Crippen LogP contribution is -2.28. The van der Waals surface area contributed by atoms with Crippen molar-refractivity contribution in [1.29, 1.82) is 0 Å². The van der Waals surface area contributed by atoms with Gasteiger partial charge in [0, 0.05) is 18.3 Å². The molecule has 0 amide bonds. The number of ether oxygens (including phenoxy) is 3. The van der Waals surface area contributed by atoms with Crippen molar-refractivity contribution < 1.29 is 28.9 Å². The molecule has 104 valence electrons. The second kappa shape index (κ2) is 6.58. The molecular weight excluding hydrogens is 240 g/mol. The Morgan fingerprint density at radius 1 is 1.50 bits per heavy atom. The van der Waals surface area contributed by atoms with Gasteiger partial charge in [0.2, 0.25) is 0 Å². The first kappa shape index (κ1) is 14.8. The van der Waals surface area contributed by atoms with E-state index in [0.717, 1.165) is 12.8 Å². The summed E-state index contributed by atoms with van der Waals surface area (Å²) in [5.41, 5.74) is -0.515. The van der Waals surface area contributed by atoms with Crippen LogP contribution in [0.5, 0.6) is 0 Å². The van der Waals surface area contributed by atoms with E-state index in [1.807, 2.05) is 0 Å². The fourth-order valence-electron chi connectivity index (χ4n) is 1.37. The Morgan fingerprint density at radius 3 is 2.89 bits per heavy atom. The van der Waals surface area contributed by atoms with E-state index in [9.17, 15) is 9.59 Å². The van der Waals surface area contributed by atoms with Crippen molar-refractivity contribution in [1.82, 2.24) is 0 Å². The Balaban J connectivity index is 2.32.